The molecule has 0 amide bonds. The first-order valence-electron chi connectivity index (χ1n) is 2.54. The largest absolute Gasteiger partial charge is 1.00 e. The van der Waals surface area contributed by atoms with Gasteiger partial charge >= 0.3 is 53.9 Å². The Morgan fingerprint density at radius 2 is 1.40 bits per heavy atom. The Labute approximate surface area is 78.8 Å². The van der Waals surface area contributed by atoms with Gasteiger partial charge in [0.25, 0.3) is 0 Å². The van der Waals surface area contributed by atoms with Crippen LogP contribution in [-0.4, -0.2) is 13.2 Å². The van der Waals surface area contributed by atoms with E-state index in [-0.39, 0.29) is 24.8 Å². The average Bonchev–Trinajstić information content (AvgIpc) is 1.68. The zero-order chi connectivity index (χ0) is 6.41. The molecule has 3 nitrogen and oxygen atoms in total. The van der Waals surface area contributed by atoms with Gasteiger partial charge in [-0.3, -0.25) is 0 Å². The second kappa shape index (κ2) is 12.6. The Balaban J connectivity index is -0.000000245. The molecule has 0 aliphatic rings. The van der Waals surface area contributed by atoms with Gasteiger partial charge in [0.05, 0.1) is 0 Å². The van der Waals surface area contributed by atoms with E-state index in [1.54, 1.807) is 13.8 Å². The van der Waals surface area contributed by atoms with E-state index < -0.39 is 15.8 Å². The van der Waals surface area contributed by atoms with Crippen molar-refractivity contribution in [1.82, 2.24) is 0 Å². The van der Waals surface area contributed by atoms with Crippen LogP contribution in [0, 0.1) is 0 Å². The van der Waals surface area contributed by atoms with Crippen LogP contribution >= 0.6 is 0 Å². The summed E-state index contributed by atoms with van der Waals surface area (Å²) in [5, 5.41) is 0. The standard InChI is InChI=1S/2C2H5O.2ClH.O.V/c2*1-2-3;;;;/h2*2H2,1H3;2*1H;;/q2*-1;;;;+4/p-2. The van der Waals surface area contributed by atoms with Crippen molar-refractivity contribution in [3.63, 3.8) is 0 Å². The number of hydrogen-bond donors (Lipinski definition) is 0. The smallest absolute Gasteiger partial charge is 1.00 e. The van der Waals surface area contributed by atoms with Crippen molar-refractivity contribution in [2.75, 3.05) is 13.2 Å². The normalized spacial score (nSPS) is 7.40. The van der Waals surface area contributed by atoms with E-state index in [0.29, 0.717) is 13.2 Å². The van der Waals surface area contributed by atoms with Crippen LogP contribution in [0.5, 0.6) is 0 Å². The van der Waals surface area contributed by atoms with Crippen molar-refractivity contribution in [2.24, 2.45) is 0 Å². The minimum absolute atomic E-state index is 0. The summed E-state index contributed by atoms with van der Waals surface area (Å²) in [5.41, 5.74) is 0. The molecule has 0 N–H and O–H groups in total. The summed E-state index contributed by atoms with van der Waals surface area (Å²) in [7, 11) is 0. The van der Waals surface area contributed by atoms with E-state index in [0.717, 1.165) is 0 Å². The molecular weight excluding hydrogens is 218 g/mol. The third-order valence-corrected chi connectivity index (χ3v) is 1.93. The van der Waals surface area contributed by atoms with Gasteiger partial charge in [-0.25, -0.2) is 0 Å². The van der Waals surface area contributed by atoms with Crippen LogP contribution in [-0.2, 0) is 26.8 Å². The number of hydrogen-bond acceptors (Lipinski definition) is 3. The topological polar surface area (TPSA) is 35.5 Å². The van der Waals surface area contributed by atoms with Gasteiger partial charge in [-0.2, -0.15) is 0 Å². The first-order valence-corrected chi connectivity index (χ1v) is 4.25. The van der Waals surface area contributed by atoms with Crippen molar-refractivity contribution in [3.8, 4) is 0 Å². The van der Waals surface area contributed by atoms with E-state index in [4.69, 9.17) is 0 Å². The molecule has 0 rings (SSSR count). The molecule has 0 spiro atoms. The Kier molecular flexibility index (Phi) is 21.5. The fourth-order valence-electron chi connectivity index (χ4n) is 0.248. The Hall–Kier alpha value is 0.884. The molecule has 10 heavy (non-hydrogen) atoms. The van der Waals surface area contributed by atoms with Crippen LogP contribution in [0.15, 0.2) is 0 Å². The van der Waals surface area contributed by atoms with Crippen molar-refractivity contribution in [1.29, 1.82) is 0 Å². The molecule has 6 heteroatoms. The fraction of sp³-hybridized carbons (Fsp3) is 1.00. The molecule has 0 radical (unpaired) electrons. The summed E-state index contributed by atoms with van der Waals surface area (Å²) in [5.74, 6) is 0. The molecule has 0 aromatic rings. The van der Waals surface area contributed by atoms with E-state index in [1.165, 1.54) is 0 Å². The van der Waals surface area contributed by atoms with Crippen molar-refractivity contribution >= 4 is 0 Å². The van der Waals surface area contributed by atoms with Crippen LogP contribution in [0.3, 0.4) is 0 Å². The second-order valence-corrected chi connectivity index (χ2v) is 2.56. The molecule has 0 heterocycles. The van der Waals surface area contributed by atoms with Gasteiger partial charge in [0.2, 0.25) is 0 Å². The number of rotatable bonds is 4. The van der Waals surface area contributed by atoms with E-state index in [1.807, 2.05) is 0 Å². The van der Waals surface area contributed by atoms with Crippen LogP contribution < -0.4 is 24.8 Å². The molecule has 0 saturated heterocycles. The van der Waals surface area contributed by atoms with Crippen LogP contribution in [0.25, 0.3) is 0 Å². The summed E-state index contributed by atoms with van der Waals surface area (Å²) in [6.07, 6.45) is 0. The van der Waals surface area contributed by atoms with E-state index in [9.17, 15) is 3.67 Å². The third kappa shape index (κ3) is 11.7. The molecule has 0 atom stereocenters. The van der Waals surface area contributed by atoms with Crippen LogP contribution in [0.4, 0.5) is 0 Å². The molecule has 0 aromatic carbocycles. The summed E-state index contributed by atoms with van der Waals surface area (Å²) < 4.78 is 19.7. The van der Waals surface area contributed by atoms with Gasteiger partial charge in [0, 0.05) is 0 Å². The van der Waals surface area contributed by atoms with Gasteiger partial charge in [0.1, 0.15) is 0 Å². The van der Waals surface area contributed by atoms with Gasteiger partial charge in [-0.15, -0.1) is 0 Å². The Morgan fingerprint density at radius 3 is 1.60 bits per heavy atom. The first kappa shape index (κ1) is 17.1. The maximum absolute atomic E-state index is 10.4. The van der Waals surface area contributed by atoms with Crippen LogP contribution in [0.1, 0.15) is 13.8 Å². The molecular formula is C4H10Cl2O3V. The molecule has 63 valence electrons. The SMILES string of the molecule is CC[O][V+2](=[O])[O]CC.[Cl-].[Cl-]. The van der Waals surface area contributed by atoms with Crippen molar-refractivity contribution < 1.29 is 51.6 Å². The number of halogens is 2. The fourth-order valence-corrected chi connectivity index (χ4v) is 1.02. The predicted molar refractivity (Wildman–Crippen MR) is 23.9 cm³/mol. The van der Waals surface area contributed by atoms with Gasteiger partial charge in [0.15, 0.2) is 0 Å². The predicted octanol–water partition coefficient (Wildman–Crippen LogP) is -5.14. The summed E-state index contributed by atoms with van der Waals surface area (Å²) in [6.45, 7) is 4.53. The summed E-state index contributed by atoms with van der Waals surface area (Å²) in [6, 6.07) is 0. The summed E-state index contributed by atoms with van der Waals surface area (Å²) in [4.78, 5) is 0. The third-order valence-electron chi connectivity index (χ3n) is 0.469. The van der Waals surface area contributed by atoms with Gasteiger partial charge in [-0.1, -0.05) is 0 Å². The average molecular weight is 228 g/mol. The second-order valence-electron chi connectivity index (χ2n) is 1.06. The Morgan fingerprint density at radius 1 is 1.10 bits per heavy atom. The zero-order valence-corrected chi connectivity index (χ0v) is 8.75. The van der Waals surface area contributed by atoms with Crippen molar-refractivity contribution in [3.05, 3.63) is 0 Å². The molecule has 0 unspecified atom stereocenters. The van der Waals surface area contributed by atoms with E-state index >= 15 is 0 Å². The molecule has 0 fully saturated rings. The molecule has 0 aliphatic heterocycles. The van der Waals surface area contributed by atoms with Gasteiger partial charge in [-0.05, 0) is 0 Å². The minimum Gasteiger partial charge on any atom is -1.00 e. The first-order chi connectivity index (χ1) is 3.81. The molecule has 0 saturated carbocycles. The monoisotopic (exact) mass is 227 g/mol. The van der Waals surface area contributed by atoms with Crippen molar-refractivity contribution in [2.45, 2.75) is 13.8 Å². The van der Waals surface area contributed by atoms with Crippen LogP contribution in [0.2, 0.25) is 0 Å². The quantitative estimate of drug-likeness (QED) is 0.482. The zero-order valence-electron chi connectivity index (χ0n) is 5.84. The maximum atomic E-state index is 10.4. The van der Waals surface area contributed by atoms with Gasteiger partial charge < -0.3 is 24.8 Å². The Bertz CT molecular complexity index is 72.9. The maximum Gasteiger partial charge on any atom is -1.00 e. The van der Waals surface area contributed by atoms with E-state index in [2.05, 4.69) is 7.32 Å². The minimum atomic E-state index is -2.51. The molecule has 0 bridgehead atoms. The molecule has 0 aromatic heterocycles. The summed E-state index contributed by atoms with van der Waals surface area (Å²) >= 11 is -2.51. The molecule has 0 aliphatic carbocycles.